The van der Waals surface area contributed by atoms with E-state index in [0.717, 1.165) is 24.5 Å². The SMILES string of the molecule is CCc1nc(N)cc(N(C)C(C)(C)CC)n1. The van der Waals surface area contributed by atoms with Gasteiger partial charge in [-0.25, -0.2) is 9.97 Å². The molecular weight excluding hydrogens is 200 g/mol. The Morgan fingerprint density at radius 3 is 2.44 bits per heavy atom. The molecule has 4 heteroatoms. The third-order valence-electron chi connectivity index (χ3n) is 3.21. The summed E-state index contributed by atoms with van der Waals surface area (Å²) in [4.78, 5) is 10.8. The first kappa shape index (κ1) is 12.7. The highest BCUT2D eigenvalue weighted by atomic mass is 15.2. The molecule has 0 atom stereocenters. The van der Waals surface area contributed by atoms with E-state index in [-0.39, 0.29) is 5.54 Å². The molecule has 1 aromatic rings. The van der Waals surface area contributed by atoms with E-state index in [4.69, 9.17) is 5.73 Å². The number of aryl methyl sites for hydroxylation is 1. The molecule has 0 aliphatic rings. The van der Waals surface area contributed by atoms with Crippen molar-refractivity contribution in [2.75, 3.05) is 17.7 Å². The van der Waals surface area contributed by atoms with Crippen molar-refractivity contribution in [3.63, 3.8) is 0 Å². The fraction of sp³-hybridized carbons (Fsp3) is 0.667. The maximum atomic E-state index is 5.78. The van der Waals surface area contributed by atoms with Crippen LogP contribution in [0.5, 0.6) is 0 Å². The number of rotatable bonds is 4. The summed E-state index contributed by atoms with van der Waals surface area (Å²) in [6.45, 7) is 8.58. The first-order chi connectivity index (χ1) is 7.40. The number of aromatic nitrogens is 2. The predicted octanol–water partition coefficient (Wildman–Crippen LogP) is 2.25. The topological polar surface area (TPSA) is 55.0 Å². The van der Waals surface area contributed by atoms with Crippen LogP contribution in [0.15, 0.2) is 6.07 Å². The second kappa shape index (κ2) is 4.68. The van der Waals surface area contributed by atoms with Crippen LogP contribution in [-0.2, 0) is 6.42 Å². The van der Waals surface area contributed by atoms with E-state index in [1.807, 2.05) is 20.0 Å². The lowest BCUT2D eigenvalue weighted by atomic mass is 10.00. The molecule has 0 aromatic carbocycles. The molecule has 0 unspecified atom stereocenters. The Labute approximate surface area is 97.9 Å². The van der Waals surface area contributed by atoms with E-state index in [1.165, 1.54) is 0 Å². The molecule has 1 aromatic heterocycles. The lowest BCUT2D eigenvalue weighted by molar-refractivity contribution is 0.466. The first-order valence-corrected chi connectivity index (χ1v) is 5.78. The molecule has 90 valence electrons. The molecule has 0 saturated heterocycles. The van der Waals surface area contributed by atoms with Gasteiger partial charge >= 0.3 is 0 Å². The lowest BCUT2D eigenvalue weighted by Crippen LogP contribution is -2.41. The molecule has 0 radical (unpaired) electrons. The molecule has 0 spiro atoms. The monoisotopic (exact) mass is 222 g/mol. The molecule has 1 rings (SSSR count). The summed E-state index contributed by atoms with van der Waals surface area (Å²) in [7, 11) is 2.05. The number of hydrogen-bond acceptors (Lipinski definition) is 4. The fourth-order valence-corrected chi connectivity index (χ4v) is 1.38. The van der Waals surface area contributed by atoms with Gasteiger partial charge in [0, 0.05) is 25.1 Å². The number of hydrogen-bond donors (Lipinski definition) is 1. The molecule has 0 aliphatic carbocycles. The largest absolute Gasteiger partial charge is 0.384 e. The average Bonchev–Trinajstić information content (AvgIpc) is 2.27. The maximum Gasteiger partial charge on any atom is 0.134 e. The third-order valence-corrected chi connectivity index (χ3v) is 3.21. The Hall–Kier alpha value is -1.32. The lowest BCUT2D eigenvalue weighted by Gasteiger charge is -2.36. The zero-order chi connectivity index (χ0) is 12.3. The van der Waals surface area contributed by atoms with Crippen LogP contribution in [0.4, 0.5) is 11.6 Å². The molecule has 4 nitrogen and oxygen atoms in total. The normalized spacial score (nSPS) is 11.6. The Bertz CT molecular complexity index is 360. The summed E-state index contributed by atoms with van der Waals surface area (Å²) in [5, 5.41) is 0. The molecule has 2 N–H and O–H groups in total. The highest BCUT2D eigenvalue weighted by Gasteiger charge is 2.22. The van der Waals surface area contributed by atoms with Gasteiger partial charge in [0.05, 0.1) is 0 Å². The standard InChI is InChI=1S/C12H22N4/c1-6-10-14-9(13)8-11(15-10)16(5)12(3,4)7-2/h8H,6-7H2,1-5H3,(H2,13,14,15). The Morgan fingerprint density at radius 1 is 1.31 bits per heavy atom. The van der Waals surface area contributed by atoms with Gasteiger partial charge in [0.15, 0.2) is 0 Å². The minimum Gasteiger partial charge on any atom is -0.384 e. The fourth-order valence-electron chi connectivity index (χ4n) is 1.38. The molecule has 0 saturated carbocycles. The minimum atomic E-state index is 0.0752. The summed E-state index contributed by atoms with van der Waals surface area (Å²) in [6, 6.07) is 1.83. The second-order valence-corrected chi connectivity index (χ2v) is 4.65. The van der Waals surface area contributed by atoms with E-state index < -0.39 is 0 Å². The van der Waals surface area contributed by atoms with Gasteiger partial charge in [-0.3, -0.25) is 0 Å². The summed E-state index contributed by atoms with van der Waals surface area (Å²) in [5.74, 6) is 2.24. The van der Waals surface area contributed by atoms with E-state index in [9.17, 15) is 0 Å². The van der Waals surface area contributed by atoms with E-state index in [2.05, 4.69) is 35.6 Å². The van der Waals surface area contributed by atoms with Crippen LogP contribution in [0.1, 0.15) is 39.9 Å². The summed E-state index contributed by atoms with van der Waals surface area (Å²) in [5.41, 5.74) is 5.85. The second-order valence-electron chi connectivity index (χ2n) is 4.65. The highest BCUT2D eigenvalue weighted by molar-refractivity contribution is 5.48. The van der Waals surface area contributed by atoms with Gasteiger partial charge in [0.1, 0.15) is 17.5 Å². The van der Waals surface area contributed by atoms with Crippen molar-refractivity contribution in [1.29, 1.82) is 0 Å². The van der Waals surface area contributed by atoms with Crippen LogP contribution in [0.3, 0.4) is 0 Å². The van der Waals surface area contributed by atoms with Gasteiger partial charge in [0.25, 0.3) is 0 Å². The molecule has 0 bridgehead atoms. The zero-order valence-corrected chi connectivity index (χ0v) is 10.9. The van der Waals surface area contributed by atoms with Crippen molar-refractivity contribution >= 4 is 11.6 Å². The third kappa shape index (κ3) is 2.62. The summed E-state index contributed by atoms with van der Waals surface area (Å²) >= 11 is 0. The Kier molecular flexibility index (Phi) is 3.73. The van der Waals surface area contributed by atoms with Gasteiger partial charge < -0.3 is 10.6 Å². The smallest absolute Gasteiger partial charge is 0.134 e. The minimum absolute atomic E-state index is 0.0752. The first-order valence-electron chi connectivity index (χ1n) is 5.78. The van der Waals surface area contributed by atoms with Crippen LogP contribution >= 0.6 is 0 Å². The van der Waals surface area contributed by atoms with Crippen LogP contribution in [0.25, 0.3) is 0 Å². The number of nitrogens with two attached hydrogens (primary N) is 1. The number of anilines is 2. The molecule has 0 amide bonds. The van der Waals surface area contributed by atoms with E-state index >= 15 is 0 Å². The van der Waals surface area contributed by atoms with Crippen LogP contribution in [-0.4, -0.2) is 22.6 Å². The average molecular weight is 222 g/mol. The van der Waals surface area contributed by atoms with Crippen LogP contribution < -0.4 is 10.6 Å². The van der Waals surface area contributed by atoms with Gasteiger partial charge in [-0.15, -0.1) is 0 Å². The van der Waals surface area contributed by atoms with Crippen LogP contribution in [0.2, 0.25) is 0 Å². The summed E-state index contributed by atoms with van der Waals surface area (Å²) < 4.78 is 0. The number of nitrogen functional groups attached to an aromatic ring is 1. The van der Waals surface area contributed by atoms with Gasteiger partial charge in [-0.2, -0.15) is 0 Å². The zero-order valence-electron chi connectivity index (χ0n) is 10.9. The maximum absolute atomic E-state index is 5.78. The van der Waals surface area contributed by atoms with Crippen molar-refractivity contribution in [2.24, 2.45) is 0 Å². The van der Waals surface area contributed by atoms with E-state index in [1.54, 1.807) is 0 Å². The van der Waals surface area contributed by atoms with Crippen molar-refractivity contribution in [1.82, 2.24) is 9.97 Å². The molecular formula is C12H22N4. The Balaban J connectivity index is 3.08. The van der Waals surface area contributed by atoms with Crippen molar-refractivity contribution in [3.8, 4) is 0 Å². The molecule has 1 heterocycles. The van der Waals surface area contributed by atoms with E-state index in [0.29, 0.717) is 5.82 Å². The van der Waals surface area contributed by atoms with Gasteiger partial charge in [-0.1, -0.05) is 13.8 Å². The van der Waals surface area contributed by atoms with Crippen molar-refractivity contribution in [2.45, 2.75) is 46.1 Å². The molecule has 16 heavy (non-hydrogen) atoms. The van der Waals surface area contributed by atoms with Crippen molar-refractivity contribution < 1.29 is 0 Å². The molecule has 0 aliphatic heterocycles. The highest BCUT2D eigenvalue weighted by Crippen LogP contribution is 2.24. The Morgan fingerprint density at radius 2 is 1.94 bits per heavy atom. The number of nitrogens with zero attached hydrogens (tertiary/aromatic N) is 3. The van der Waals surface area contributed by atoms with Gasteiger partial charge in [-0.05, 0) is 20.3 Å². The summed E-state index contributed by atoms with van der Waals surface area (Å²) in [6.07, 6.45) is 1.85. The predicted molar refractivity (Wildman–Crippen MR) is 68.6 cm³/mol. The van der Waals surface area contributed by atoms with Crippen molar-refractivity contribution in [3.05, 3.63) is 11.9 Å². The quantitative estimate of drug-likeness (QED) is 0.849. The van der Waals surface area contributed by atoms with Gasteiger partial charge in [0.2, 0.25) is 0 Å². The molecule has 0 fully saturated rings. The van der Waals surface area contributed by atoms with Crippen LogP contribution in [0, 0.1) is 0 Å².